The molecule has 1 aromatic carbocycles. The molecule has 0 aromatic heterocycles. The molecular formula is C14H17FO3. The molecule has 0 aliphatic carbocycles. The average molecular weight is 252 g/mol. The molecule has 0 spiro atoms. The van der Waals surface area contributed by atoms with Gasteiger partial charge < -0.3 is 9.47 Å². The van der Waals surface area contributed by atoms with E-state index < -0.39 is 6.10 Å². The fourth-order valence-corrected chi connectivity index (χ4v) is 1.96. The van der Waals surface area contributed by atoms with E-state index in [2.05, 4.69) is 0 Å². The molecule has 1 fully saturated rings. The molecule has 1 saturated heterocycles. The second-order valence-electron chi connectivity index (χ2n) is 4.45. The summed E-state index contributed by atoms with van der Waals surface area (Å²) >= 11 is 0. The maximum atomic E-state index is 12.8. The van der Waals surface area contributed by atoms with Crippen LogP contribution in [0.15, 0.2) is 24.3 Å². The lowest BCUT2D eigenvalue weighted by Gasteiger charge is -2.25. The highest BCUT2D eigenvalue weighted by Crippen LogP contribution is 2.17. The molecule has 2 rings (SSSR count). The lowest BCUT2D eigenvalue weighted by Crippen LogP contribution is -2.31. The Morgan fingerprint density at radius 2 is 2.11 bits per heavy atom. The minimum Gasteiger partial charge on any atom is -0.353 e. The molecule has 3 nitrogen and oxygen atoms in total. The number of ketones is 1. The van der Waals surface area contributed by atoms with Gasteiger partial charge in [0.05, 0.1) is 0 Å². The number of benzene rings is 1. The zero-order chi connectivity index (χ0) is 13.0. The van der Waals surface area contributed by atoms with Crippen molar-refractivity contribution >= 4 is 5.78 Å². The highest BCUT2D eigenvalue weighted by Gasteiger charge is 2.22. The largest absolute Gasteiger partial charge is 0.353 e. The molecule has 2 atom stereocenters. The van der Waals surface area contributed by atoms with Crippen molar-refractivity contribution in [2.75, 3.05) is 6.61 Å². The number of hydrogen-bond acceptors (Lipinski definition) is 3. The summed E-state index contributed by atoms with van der Waals surface area (Å²) < 4.78 is 23.8. The van der Waals surface area contributed by atoms with Gasteiger partial charge in [0, 0.05) is 12.2 Å². The van der Waals surface area contributed by atoms with Crippen LogP contribution in [0.5, 0.6) is 0 Å². The van der Waals surface area contributed by atoms with E-state index in [-0.39, 0.29) is 17.9 Å². The van der Waals surface area contributed by atoms with Crippen molar-refractivity contribution in [2.24, 2.45) is 0 Å². The summed E-state index contributed by atoms with van der Waals surface area (Å²) in [4.78, 5) is 12.0. The quantitative estimate of drug-likeness (QED) is 0.773. The highest BCUT2D eigenvalue weighted by atomic mass is 19.1. The number of carbonyl (C=O) groups excluding carboxylic acids is 1. The molecule has 0 saturated carbocycles. The van der Waals surface area contributed by atoms with Crippen molar-refractivity contribution in [3.63, 3.8) is 0 Å². The van der Waals surface area contributed by atoms with Crippen LogP contribution in [0.4, 0.5) is 4.39 Å². The van der Waals surface area contributed by atoms with Gasteiger partial charge in [0.1, 0.15) is 11.9 Å². The van der Waals surface area contributed by atoms with E-state index in [0.717, 1.165) is 19.3 Å². The fourth-order valence-electron chi connectivity index (χ4n) is 1.96. The lowest BCUT2D eigenvalue weighted by molar-refractivity contribution is -0.174. The number of hydrogen-bond donors (Lipinski definition) is 0. The van der Waals surface area contributed by atoms with E-state index in [1.807, 2.05) is 0 Å². The Labute approximate surface area is 106 Å². The summed E-state index contributed by atoms with van der Waals surface area (Å²) in [5.41, 5.74) is 0.458. The SMILES string of the molecule is C[C@H](OC1CCCCO1)C(=O)c1ccc(F)cc1. The Morgan fingerprint density at radius 3 is 2.72 bits per heavy atom. The molecular weight excluding hydrogens is 235 g/mol. The minimum absolute atomic E-state index is 0.149. The minimum atomic E-state index is -0.571. The Hall–Kier alpha value is -1.26. The topological polar surface area (TPSA) is 35.5 Å². The van der Waals surface area contributed by atoms with Crippen molar-refractivity contribution in [2.45, 2.75) is 38.6 Å². The molecule has 4 heteroatoms. The van der Waals surface area contributed by atoms with Crippen LogP contribution in [-0.4, -0.2) is 24.8 Å². The van der Waals surface area contributed by atoms with Gasteiger partial charge in [-0.05, 0) is 50.5 Å². The van der Waals surface area contributed by atoms with E-state index in [4.69, 9.17) is 9.47 Å². The molecule has 1 unspecified atom stereocenters. The third-order valence-corrected chi connectivity index (χ3v) is 2.99. The van der Waals surface area contributed by atoms with E-state index in [0.29, 0.717) is 12.2 Å². The van der Waals surface area contributed by atoms with Crippen LogP contribution in [0.2, 0.25) is 0 Å². The average Bonchev–Trinajstić information content (AvgIpc) is 2.40. The molecule has 0 radical (unpaired) electrons. The smallest absolute Gasteiger partial charge is 0.191 e. The normalized spacial score (nSPS) is 21.6. The van der Waals surface area contributed by atoms with E-state index in [1.165, 1.54) is 24.3 Å². The maximum Gasteiger partial charge on any atom is 0.191 e. The number of rotatable bonds is 4. The van der Waals surface area contributed by atoms with Gasteiger partial charge in [0.2, 0.25) is 0 Å². The Bertz CT molecular complexity index is 396. The van der Waals surface area contributed by atoms with Gasteiger partial charge in [0.25, 0.3) is 0 Å². The summed E-state index contributed by atoms with van der Waals surface area (Å²) in [7, 11) is 0. The van der Waals surface area contributed by atoms with Gasteiger partial charge in [-0.2, -0.15) is 0 Å². The first-order valence-electron chi connectivity index (χ1n) is 6.23. The van der Waals surface area contributed by atoms with Gasteiger partial charge in [-0.15, -0.1) is 0 Å². The first-order chi connectivity index (χ1) is 8.66. The maximum absolute atomic E-state index is 12.8. The highest BCUT2D eigenvalue weighted by molar-refractivity contribution is 5.99. The number of halogens is 1. The molecule has 18 heavy (non-hydrogen) atoms. The summed E-state index contributed by atoms with van der Waals surface area (Å²) in [6.45, 7) is 2.38. The number of ether oxygens (including phenoxy) is 2. The standard InChI is InChI=1S/C14H17FO3/c1-10(18-13-4-2-3-9-17-13)14(16)11-5-7-12(15)8-6-11/h5-8,10,13H,2-4,9H2,1H3/t10-,13?/m0/s1. The van der Waals surface area contributed by atoms with Crippen molar-refractivity contribution in [3.8, 4) is 0 Å². The van der Waals surface area contributed by atoms with Crippen LogP contribution in [0.3, 0.4) is 0 Å². The Balaban J connectivity index is 1.93. The van der Waals surface area contributed by atoms with Gasteiger partial charge in [-0.3, -0.25) is 4.79 Å². The molecule has 0 bridgehead atoms. The zero-order valence-corrected chi connectivity index (χ0v) is 10.4. The molecule has 1 aliphatic heterocycles. The van der Waals surface area contributed by atoms with Crippen molar-refractivity contribution < 1.29 is 18.7 Å². The molecule has 98 valence electrons. The van der Waals surface area contributed by atoms with Crippen LogP contribution in [0.25, 0.3) is 0 Å². The van der Waals surface area contributed by atoms with Crippen molar-refractivity contribution in [3.05, 3.63) is 35.6 Å². The Morgan fingerprint density at radius 1 is 1.39 bits per heavy atom. The predicted molar refractivity (Wildman–Crippen MR) is 64.9 cm³/mol. The van der Waals surface area contributed by atoms with Gasteiger partial charge >= 0.3 is 0 Å². The molecule has 0 N–H and O–H groups in total. The van der Waals surface area contributed by atoms with Crippen LogP contribution in [0.1, 0.15) is 36.5 Å². The molecule has 1 aromatic rings. The summed E-state index contributed by atoms with van der Waals surface area (Å²) in [5, 5.41) is 0. The van der Waals surface area contributed by atoms with Crippen molar-refractivity contribution in [1.29, 1.82) is 0 Å². The van der Waals surface area contributed by atoms with E-state index in [9.17, 15) is 9.18 Å². The molecule has 0 amide bonds. The Kier molecular flexibility index (Phi) is 4.44. The number of Topliss-reactive ketones (excluding diaryl/α,β-unsaturated/α-hetero) is 1. The van der Waals surface area contributed by atoms with E-state index >= 15 is 0 Å². The first-order valence-corrected chi connectivity index (χ1v) is 6.23. The lowest BCUT2D eigenvalue weighted by atomic mass is 10.1. The van der Waals surface area contributed by atoms with Gasteiger partial charge in [0.15, 0.2) is 12.1 Å². The monoisotopic (exact) mass is 252 g/mol. The van der Waals surface area contributed by atoms with Crippen LogP contribution in [-0.2, 0) is 9.47 Å². The van der Waals surface area contributed by atoms with Gasteiger partial charge in [-0.1, -0.05) is 0 Å². The van der Waals surface area contributed by atoms with Crippen molar-refractivity contribution in [1.82, 2.24) is 0 Å². The summed E-state index contributed by atoms with van der Waals surface area (Å²) in [5.74, 6) is -0.500. The second-order valence-corrected chi connectivity index (χ2v) is 4.45. The second kappa shape index (κ2) is 6.07. The predicted octanol–water partition coefficient (Wildman–Crippen LogP) is 2.94. The van der Waals surface area contributed by atoms with Gasteiger partial charge in [-0.25, -0.2) is 4.39 Å². The fraction of sp³-hybridized carbons (Fsp3) is 0.500. The molecule has 1 aliphatic rings. The first kappa shape index (κ1) is 13.2. The zero-order valence-electron chi connectivity index (χ0n) is 10.4. The molecule has 1 heterocycles. The van der Waals surface area contributed by atoms with Crippen LogP contribution < -0.4 is 0 Å². The van der Waals surface area contributed by atoms with E-state index in [1.54, 1.807) is 6.92 Å². The third kappa shape index (κ3) is 3.37. The van der Waals surface area contributed by atoms with Crippen LogP contribution in [0, 0.1) is 5.82 Å². The number of carbonyl (C=O) groups is 1. The summed E-state index contributed by atoms with van der Waals surface area (Å²) in [6.07, 6.45) is 2.06. The third-order valence-electron chi connectivity index (χ3n) is 2.99. The van der Waals surface area contributed by atoms with Crippen LogP contribution >= 0.6 is 0 Å². The summed E-state index contributed by atoms with van der Waals surface area (Å²) in [6, 6.07) is 5.49.